The van der Waals surface area contributed by atoms with E-state index in [1.807, 2.05) is 13.8 Å². The number of ether oxygens (including phenoxy) is 1. The first kappa shape index (κ1) is 32.9. The highest BCUT2D eigenvalue weighted by Crippen LogP contribution is 2.56. The summed E-state index contributed by atoms with van der Waals surface area (Å²) in [6.07, 6.45) is 2.47. The second kappa shape index (κ2) is 13.6. The molecule has 2 aromatic rings. The van der Waals surface area contributed by atoms with Crippen LogP contribution in [0.3, 0.4) is 0 Å². The number of nitrogens with two attached hydrogens (primary N) is 2. The molecule has 6 N–H and O–H groups in total. The second-order valence-electron chi connectivity index (χ2n) is 11.0. The Morgan fingerprint density at radius 1 is 1.24 bits per heavy atom. The summed E-state index contributed by atoms with van der Waals surface area (Å²) in [5.74, 6) is -3.53. The molecule has 1 unspecified atom stereocenters. The average molecular weight is 610 g/mol. The van der Waals surface area contributed by atoms with Crippen LogP contribution in [0.2, 0.25) is 0 Å². The van der Waals surface area contributed by atoms with E-state index in [4.69, 9.17) is 25.3 Å². The molecule has 4 atom stereocenters. The Morgan fingerprint density at radius 3 is 2.50 bits per heavy atom. The largest absolute Gasteiger partial charge is 0.480 e. The molecule has 0 saturated heterocycles. The summed E-state index contributed by atoms with van der Waals surface area (Å²) in [5.41, 5.74) is 9.80. The fourth-order valence-corrected chi connectivity index (χ4v) is 5.51. The number of halogens is 1. The smallest absolute Gasteiger partial charge is 0.459 e. The molecule has 1 aliphatic rings. The molecule has 1 saturated carbocycles. The van der Waals surface area contributed by atoms with Crippen molar-refractivity contribution in [3.05, 3.63) is 58.4 Å². The quantitative estimate of drug-likeness (QED) is 0.170. The summed E-state index contributed by atoms with van der Waals surface area (Å²) in [6, 6.07) is 5.87. The van der Waals surface area contributed by atoms with E-state index in [-0.39, 0.29) is 43.6 Å². The number of esters is 1. The number of aromatic nitrogens is 2. The summed E-state index contributed by atoms with van der Waals surface area (Å²) in [7, 11) is -4.36. The molecule has 1 aromatic carbocycles. The van der Waals surface area contributed by atoms with Crippen molar-refractivity contribution in [2.24, 2.45) is 23.0 Å². The lowest BCUT2D eigenvalue weighted by molar-refractivity contribution is -0.148. The van der Waals surface area contributed by atoms with Crippen LogP contribution >= 0.6 is 7.75 Å². The van der Waals surface area contributed by atoms with Crippen LogP contribution in [0.4, 0.5) is 10.2 Å². The number of carbonyl (C=O) groups is 2. The summed E-state index contributed by atoms with van der Waals surface area (Å²) in [4.78, 5) is 40.2. The van der Waals surface area contributed by atoms with Crippen molar-refractivity contribution in [1.29, 1.82) is 0 Å². The fraction of sp³-hybridized carbons (Fsp3) is 0.481. The minimum atomic E-state index is -4.36. The van der Waals surface area contributed by atoms with Crippen molar-refractivity contribution in [1.82, 2.24) is 14.6 Å². The zero-order valence-electron chi connectivity index (χ0n) is 23.9. The first-order valence-electron chi connectivity index (χ1n) is 13.3. The number of nitrogens with zero attached hydrogens (tertiary/aromatic N) is 2. The van der Waals surface area contributed by atoms with Crippen molar-refractivity contribution in [3.63, 3.8) is 0 Å². The van der Waals surface area contributed by atoms with Crippen LogP contribution in [0, 0.1) is 23.1 Å². The maximum Gasteiger partial charge on any atom is 0.459 e. The number of hydrogen-bond acceptors (Lipinski definition) is 10. The van der Waals surface area contributed by atoms with Crippen LogP contribution < -0.4 is 26.8 Å². The molecule has 42 heavy (non-hydrogen) atoms. The van der Waals surface area contributed by atoms with Gasteiger partial charge in [-0.2, -0.15) is 10.1 Å². The minimum absolute atomic E-state index is 0.0649. The molecule has 230 valence electrons. The van der Waals surface area contributed by atoms with Crippen molar-refractivity contribution in [3.8, 4) is 5.75 Å². The molecule has 3 rings (SSSR count). The molecule has 13 nitrogen and oxygen atoms in total. The van der Waals surface area contributed by atoms with Crippen molar-refractivity contribution < 1.29 is 37.4 Å². The molecule has 0 spiro atoms. The van der Waals surface area contributed by atoms with Gasteiger partial charge in [0.05, 0.1) is 18.2 Å². The first-order valence-corrected chi connectivity index (χ1v) is 14.9. The van der Waals surface area contributed by atoms with Crippen LogP contribution in [0.15, 0.2) is 46.9 Å². The van der Waals surface area contributed by atoms with Gasteiger partial charge in [0.2, 0.25) is 0 Å². The zero-order chi connectivity index (χ0) is 31.2. The zero-order valence-corrected chi connectivity index (χ0v) is 24.8. The Labute approximate surface area is 242 Å². The predicted molar refractivity (Wildman–Crippen MR) is 153 cm³/mol. The number of aliphatic carboxylic acids is 1. The number of carboxylic acids is 1. The number of anilines is 1. The number of nitrogen functional groups attached to an aromatic ring is 1. The molecule has 0 amide bonds. The third-order valence-electron chi connectivity index (χ3n) is 6.59. The minimum Gasteiger partial charge on any atom is -0.480 e. The van der Waals surface area contributed by atoms with Crippen molar-refractivity contribution >= 4 is 31.7 Å². The van der Waals surface area contributed by atoms with Gasteiger partial charge in [-0.1, -0.05) is 45.9 Å². The maximum absolute atomic E-state index is 14.0. The van der Waals surface area contributed by atoms with Crippen LogP contribution in [0.5, 0.6) is 5.75 Å². The summed E-state index contributed by atoms with van der Waals surface area (Å²) < 4.78 is 45.8. The van der Waals surface area contributed by atoms with Crippen molar-refractivity contribution in [2.75, 3.05) is 18.9 Å². The van der Waals surface area contributed by atoms with Gasteiger partial charge in [0.15, 0.2) is 11.6 Å². The molecule has 1 heterocycles. The molecule has 0 aliphatic heterocycles. The number of benzene rings is 1. The standard InChI is InChI=1S/C27H37FN5O8P/c1-16(2)10-21(24(34)35)32-42(38,41-19-8-6-5-7-9-19)40-15-27(14-39-25(36)22(29)17(3)4)11-18(27)12-33-13-20(28)23(30)31-26(33)37/h5-9,12-13,16-17,21-22H,10-11,14-15,29H2,1-4H3,(H,32,38)(H,34,35)(H2,30,31,37)/b18-12-/t21-,22-,27-,42?/m0/s1. The monoisotopic (exact) mass is 609 g/mol. The van der Waals surface area contributed by atoms with E-state index in [9.17, 15) is 28.4 Å². The van der Waals surface area contributed by atoms with Crippen LogP contribution in [-0.2, 0) is 23.4 Å². The van der Waals surface area contributed by atoms with Gasteiger partial charge in [-0.3, -0.25) is 18.7 Å². The number of para-hydroxylation sites is 1. The van der Waals surface area contributed by atoms with E-state index >= 15 is 0 Å². The molecule has 1 aromatic heterocycles. The third-order valence-corrected chi connectivity index (χ3v) is 8.14. The normalized spacial score (nSPS) is 20.2. The molecule has 1 aliphatic carbocycles. The van der Waals surface area contributed by atoms with Gasteiger partial charge in [-0.25, -0.2) is 13.8 Å². The fourth-order valence-electron chi connectivity index (χ4n) is 3.92. The molecule has 0 bridgehead atoms. The predicted octanol–water partition coefficient (Wildman–Crippen LogP) is 3.01. The number of rotatable bonds is 15. The van der Waals surface area contributed by atoms with E-state index in [1.165, 1.54) is 18.3 Å². The molecule has 1 fully saturated rings. The highest BCUT2D eigenvalue weighted by Gasteiger charge is 2.53. The van der Waals surface area contributed by atoms with E-state index in [2.05, 4.69) is 10.1 Å². The Hall–Kier alpha value is -3.58. The van der Waals surface area contributed by atoms with Gasteiger partial charge in [0.25, 0.3) is 0 Å². The highest BCUT2D eigenvalue weighted by molar-refractivity contribution is 7.52. The molecule has 15 heteroatoms. The Kier molecular flexibility index (Phi) is 10.7. The van der Waals surface area contributed by atoms with Gasteiger partial charge in [-0.15, -0.1) is 0 Å². The van der Waals surface area contributed by atoms with E-state index < -0.39 is 54.5 Å². The van der Waals surface area contributed by atoms with E-state index in [0.29, 0.717) is 5.57 Å². The lowest BCUT2D eigenvalue weighted by Gasteiger charge is -2.26. The Morgan fingerprint density at radius 2 is 1.90 bits per heavy atom. The van der Waals surface area contributed by atoms with Gasteiger partial charge < -0.3 is 25.8 Å². The Bertz CT molecular complexity index is 1420. The lowest BCUT2D eigenvalue weighted by atomic mass is 10.1. The number of hydrogen-bond donors (Lipinski definition) is 4. The van der Waals surface area contributed by atoms with Gasteiger partial charge in [0, 0.05) is 6.20 Å². The molecular weight excluding hydrogens is 572 g/mol. The summed E-state index contributed by atoms with van der Waals surface area (Å²) in [6.45, 7) is 6.46. The Balaban J connectivity index is 1.93. The molecular formula is C27H37FN5O8P. The topological polar surface area (TPSA) is 198 Å². The van der Waals surface area contributed by atoms with E-state index in [0.717, 1.165) is 10.8 Å². The van der Waals surface area contributed by atoms with Crippen molar-refractivity contribution in [2.45, 2.75) is 52.6 Å². The SMILES string of the molecule is CC(C)C[C@H](NP(=O)(OC[C@@]1(COC(=O)[C@@H](N)C(C)C)C/C1=C/n1cc(F)c(N)nc1=O)Oc1ccccc1)C(=O)O. The van der Waals surface area contributed by atoms with Crippen LogP contribution in [0.1, 0.15) is 40.5 Å². The highest BCUT2D eigenvalue weighted by atomic mass is 31.2. The average Bonchev–Trinajstić information content (AvgIpc) is 3.61. The number of nitrogens with one attached hydrogen (secondary N) is 1. The number of carboxylic acid groups (broad SMARTS) is 1. The maximum atomic E-state index is 14.0. The first-order chi connectivity index (χ1) is 19.6. The third kappa shape index (κ3) is 8.71. The molecule has 0 radical (unpaired) electrons. The lowest BCUT2D eigenvalue weighted by Crippen LogP contribution is -2.39. The van der Waals surface area contributed by atoms with Gasteiger partial charge in [-0.05, 0) is 42.4 Å². The van der Waals surface area contributed by atoms with Crippen LogP contribution in [-0.4, -0.2) is 51.9 Å². The second-order valence-corrected chi connectivity index (χ2v) is 12.7. The van der Waals surface area contributed by atoms with Gasteiger partial charge in [0.1, 0.15) is 24.4 Å². The van der Waals surface area contributed by atoms with Crippen LogP contribution in [0.25, 0.3) is 6.20 Å². The summed E-state index contributed by atoms with van der Waals surface area (Å²) >= 11 is 0. The van der Waals surface area contributed by atoms with Gasteiger partial charge >= 0.3 is 25.4 Å². The van der Waals surface area contributed by atoms with E-state index in [1.54, 1.807) is 32.0 Å². The number of carbonyl (C=O) groups excluding carboxylic acids is 1. The summed E-state index contributed by atoms with van der Waals surface area (Å²) in [5, 5.41) is 12.3.